The lowest BCUT2D eigenvalue weighted by molar-refractivity contribution is 0.0918. The first kappa shape index (κ1) is 14.6. The van der Waals surface area contributed by atoms with Crippen molar-refractivity contribution >= 4 is 17.2 Å². The van der Waals surface area contributed by atoms with Gasteiger partial charge in [-0.1, -0.05) is 18.2 Å². The molecule has 5 heteroatoms. The molecule has 0 aliphatic heterocycles. The molecule has 1 atom stereocenters. The normalized spacial score (nSPS) is 11.9. The number of nitrogens with one attached hydrogen (secondary N) is 1. The average molecular weight is 291 g/mol. The fourth-order valence-corrected chi connectivity index (χ4v) is 2.67. The van der Waals surface area contributed by atoms with Crippen molar-refractivity contribution in [3.63, 3.8) is 0 Å². The molecule has 4 nitrogen and oxygen atoms in total. The first-order chi connectivity index (χ1) is 9.61. The largest absolute Gasteiger partial charge is 0.496 e. The van der Waals surface area contributed by atoms with Crippen LogP contribution in [-0.4, -0.2) is 24.7 Å². The summed E-state index contributed by atoms with van der Waals surface area (Å²) < 4.78 is 5.19. The number of hydrogen-bond acceptors (Lipinski definition) is 4. The zero-order valence-corrected chi connectivity index (χ0v) is 12.2. The average Bonchev–Trinajstić information content (AvgIpc) is 2.91. The van der Waals surface area contributed by atoms with Crippen LogP contribution in [0.1, 0.15) is 26.2 Å². The minimum absolute atomic E-state index is 0.149. The van der Waals surface area contributed by atoms with Crippen molar-refractivity contribution in [3.05, 3.63) is 51.7 Å². The fourth-order valence-electron chi connectivity index (χ4n) is 1.88. The van der Waals surface area contributed by atoms with E-state index in [2.05, 4.69) is 5.32 Å². The van der Waals surface area contributed by atoms with Crippen LogP contribution < -0.4 is 10.1 Å². The monoisotopic (exact) mass is 291 g/mol. The van der Waals surface area contributed by atoms with Crippen molar-refractivity contribution in [2.75, 3.05) is 13.7 Å². The van der Waals surface area contributed by atoms with Gasteiger partial charge < -0.3 is 15.2 Å². The second-order valence-corrected chi connectivity index (χ2v) is 5.67. The van der Waals surface area contributed by atoms with Gasteiger partial charge in [0.25, 0.3) is 5.91 Å². The van der Waals surface area contributed by atoms with Crippen LogP contribution in [0.4, 0.5) is 0 Å². The second-order valence-electron chi connectivity index (χ2n) is 4.38. The molecule has 1 aromatic heterocycles. The Hall–Kier alpha value is -1.85. The maximum absolute atomic E-state index is 11.9. The zero-order valence-electron chi connectivity index (χ0n) is 11.4. The van der Waals surface area contributed by atoms with E-state index in [4.69, 9.17) is 4.74 Å². The molecule has 1 aromatic carbocycles. The molecule has 0 spiro atoms. The maximum atomic E-state index is 11.9. The van der Waals surface area contributed by atoms with E-state index in [9.17, 15) is 9.90 Å². The van der Waals surface area contributed by atoms with Gasteiger partial charge in [0, 0.05) is 17.0 Å². The Kier molecular flexibility index (Phi) is 4.76. The molecule has 0 saturated carbocycles. The molecule has 0 fully saturated rings. The van der Waals surface area contributed by atoms with Gasteiger partial charge in [-0.25, -0.2) is 0 Å². The van der Waals surface area contributed by atoms with Crippen LogP contribution >= 0.6 is 11.3 Å². The van der Waals surface area contributed by atoms with Crippen LogP contribution in [0.5, 0.6) is 5.75 Å². The van der Waals surface area contributed by atoms with Gasteiger partial charge in [0.05, 0.1) is 18.1 Å². The maximum Gasteiger partial charge on any atom is 0.261 e. The third kappa shape index (κ3) is 3.37. The number of aryl methyl sites for hydroxylation is 1. The topological polar surface area (TPSA) is 58.6 Å². The number of rotatable bonds is 5. The molecule has 2 N–H and O–H groups in total. The van der Waals surface area contributed by atoms with Crippen LogP contribution in [0.15, 0.2) is 36.4 Å². The SMILES string of the molecule is COc1ccccc1C(O)CNC(=O)c1ccc(C)s1. The molecule has 1 unspecified atom stereocenters. The van der Waals surface area contributed by atoms with Crippen molar-refractivity contribution in [2.45, 2.75) is 13.0 Å². The van der Waals surface area contributed by atoms with Crippen molar-refractivity contribution in [3.8, 4) is 5.75 Å². The van der Waals surface area contributed by atoms with E-state index in [0.29, 0.717) is 16.2 Å². The summed E-state index contributed by atoms with van der Waals surface area (Å²) in [6.07, 6.45) is -0.795. The number of carbonyl (C=O) groups excluding carboxylic acids is 1. The predicted molar refractivity (Wildman–Crippen MR) is 79.3 cm³/mol. The molecule has 1 amide bonds. The summed E-state index contributed by atoms with van der Waals surface area (Å²) in [5, 5.41) is 12.9. The summed E-state index contributed by atoms with van der Waals surface area (Å²) in [4.78, 5) is 13.6. The Morgan fingerprint density at radius 1 is 1.35 bits per heavy atom. The Bertz CT molecular complexity index is 594. The third-order valence-electron chi connectivity index (χ3n) is 2.92. The standard InChI is InChI=1S/C15H17NO3S/c1-10-7-8-14(20-10)15(18)16-9-12(17)11-5-3-4-6-13(11)19-2/h3-8,12,17H,9H2,1-2H3,(H,16,18). The molecule has 0 saturated heterocycles. The summed E-state index contributed by atoms with van der Waals surface area (Å²) in [7, 11) is 1.55. The van der Waals surface area contributed by atoms with Crippen molar-refractivity contribution in [1.82, 2.24) is 5.32 Å². The van der Waals surface area contributed by atoms with E-state index >= 15 is 0 Å². The van der Waals surface area contributed by atoms with E-state index < -0.39 is 6.10 Å². The third-order valence-corrected chi connectivity index (χ3v) is 3.92. The Morgan fingerprint density at radius 3 is 2.75 bits per heavy atom. The van der Waals surface area contributed by atoms with Gasteiger partial charge in [0.15, 0.2) is 0 Å². The summed E-state index contributed by atoms with van der Waals surface area (Å²) in [6.45, 7) is 2.10. The van der Waals surface area contributed by atoms with Crippen LogP contribution in [0.25, 0.3) is 0 Å². The van der Waals surface area contributed by atoms with Crippen LogP contribution in [0, 0.1) is 6.92 Å². The summed E-state index contributed by atoms with van der Waals surface area (Å²) in [5.41, 5.74) is 0.665. The van der Waals surface area contributed by atoms with E-state index in [0.717, 1.165) is 4.88 Å². The smallest absolute Gasteiger partial charge is 0.261 e. The molecule has 106 valence electrons. The molecule has 2 aromatic rings. The lowest BCUT2D eigenvalue weighted by Crippen LogP contribution is -2.27. The van der Waals surface area contributed by atoms with Gasteiger partial charge in [0.2, 0.25) is 0 Å². The number of benzene rings is 1. The van der Waals surface area contributed by atoms with Crippen LogP contribution in [-0.2, 0) is 0 Å². The summed E-state index contributed by atoms with van der Waals surface area (Å²) >= 11 is 1.43. The van der Waals surface area contributed by atoms with Crippen molar-refractivity contribution < 1.29 is 14.6 Å². The lowest BCUT2D eigenvalue weighted by atomic mass is 10.1. The van der Waals surface area contributed by atoms with Gasteiger partial charge in [-0.3, -0.25) is 4.79 Å². The number of methoxy groups -OCH3 is 1. The van der Waals surface area contributed by atoms with E-state index in [1.54, 1.807) is 25.3 Å². The minimum Gasteiger partial charge on any atom is -0.496 e. The molecule has 0 radical (unpaired) electrons. The van der Waals surface area contributed by atoms with Gasteiger partial charge in [-0.15, -0.1) is 11.3 Å². The number of thiophene rings is 1. The number of para-hydroxylation sites is 1. The van der Waals surface area contributed by atoms with E-state index in [1.165, 1.54) is 11.3 Å². The second kappa shape index (κ2) is 6.54. The predicted octanol–water partition coefficient (Wildman–Crippen LogP) is 2.53. The first-order valence-electron chi connectivity index (χ1n) is 6.27. The van der Waals surface area contributed by atoms with Crippen LogP contribution in [0.3, 0.4) is 0 Å². The van der Waals surface area contributed by atoms with E-state index in [-0.39, 0.29) is 12.5 Å². The lowest BCUT2D eigenvalue weighted by Gasteiger charge is -2.15. The van der Waals surface area contributed by atoms with Gasteiger partial charge in [0.1, 0.15) is 5.75 Å². The number of aliphatic hydroxyl groups is 1. The molecular weight excluding hydrogens is 274 g/mol. The first-order valence-corrected chi connectivity index (χ1v) is 7.09. The Labute approximate surface area is 122 Å². The van der Waals surface area contributed by atoms with Crippen LogP contribution in [0.2, 0.25) is 0 Å². The molecular formula is C15H17NO3S. The van der Waals surface area contributed by atoms with Gasteiger partial charge in [-0.2, -0.15) is 0 Å². The highest BCUT2D eigenvalue weighted by atomic mass is 32.1. The highest BCUT2D eigenvalue weighted by Crippen LogP contribution is 2.24. The summed E-state index contributed by atoms with van der Waals surface area (Å²) in [6, 6.07) is 10.9. The van der Waals surface area contributed by atoms with E-state index in [1.807, 2.05) is 25.1 Å². The van der Waals surface area contributed by atoms with Gasteiger partial charge >= 0.3 is 0 Å². The number of carbonyl (C=O) groups is 1. The Morgan fingerprint density at radius 2 is 2.10 bits per heavy atom. The Balaban J connectivity index is 1.98. The minimum atomic E-state index is -0.795. The van der Waals surface area contributed by atoms with Crippen molar-refractivity contribution in [2.24, 2.45) is 0 Å². The van der Waals surface area contributed by atoms with Gasteiger partial charge in [-0.05, 0) is 25.1 Å². The zero-order chi connectivity index (χ0) is 14.5. The highest BCUT2D eigenvalue weighted by Gasteiger charge is 2.15. The molecule has 20 heavy (non-hydrogen) atoms. The highest BCUT2D eigenvalue weighted by molar-refractivity contribution is 7.13. The molecule has 1 heterocycles. The number of amides is 1. The molecule has 0 aliphatic rings. The number of hydrogen-bond donors (Lipinski definition) is 2. The van der Waals surface area contributed by atoms with Crippen molar-refractivity contribution in [1.29, 1.82) is 0 Å². The number of ether oxygens (including phenoxy) is 1. The molecule has 0 aliphatic carbocycles. The fraction of sp³-hybridized carbons (Fsp3) is 0.267. The number of aliphatic hydroxyl groups excluding tert-OH is 1. The summed E-state index contributed by atoms with van der Waals surface area (Å²) in [5.74, 6) is 0.443. The quantitative estimate of drug-likeness (QED) is 0.890. The molecule has 0 bridgehead atoms. The molecule has 2 rings (SSSR count).